The minimum absolute atomic E-state index is 0.178. The summed E-state index contributed by atoms with van der Waals surface area (Å²) in [7, 11) is 1.44. The second kappa shape index (κ2) is 11.0. The van der Waals surface area contributed by atoms with Crippen LogP contribution in [0, 0.1) is 6.92 Å². The van der Waals surface area contributed by atoms with Crippen LogP contribution in [0.4, 0.5) is 0 Å². The molecule has 1 aromatic carbocycles. The summed E-state index contributed by atoms with van der Waals surface area (Å²) in [5, 5.41) is 8.80. The lowest BCUT2D eigenvalue weighted by Gasteiger charge is -2.19. The molecule has 0 saturated carbocycles. The molecule has 164 valence electrons. The molecule has 31 heavy (non-hydrogen) atoms. The molecule has 0 radical (unpaired) electrons. The van der Waals surface area contributed by atoms with Crippen LogP contribution < -0.4 is 0 Å². The first-order valence-corrected chi connectivity index (χ1v) is 11.2. The number of aryl methyl sites for hydroxylation is 2. The van der Waals surface area contributed by atoms with E-state index >= 15 is 0 Å². The summed E-state index contributed by atoms with van der Waals surface area (Å²) in [6.45, 7) is 6.43. The van der Waals surface area contributed by atoms with E-state index in [1.54, 1.807) is 0 Å². The van der Waals surface area contributed by atoms with Crippen molar-refractivity contribution in [3.05, 3.63) is 58.4 Å². The number of esters is 1. The summed E-state index contributed by atoms with van der Waals surface area (Å²) in [6, 6.07) is 8.50. The van der Waals surface area contributed by atoms with Gasteiger partial charge in [-0.3, -0.25) is 9.79 Å². The number of nitrogens with zero attached hydrogens (tertiary/aromatic N) is 3. The zero-order valence-corrected chi connectivity index (χ0v) is 19.2. The summed E-state index contributed by atoms with van der Waals surface area (Å²) in [5.41, 5.74) is 9.48. The molecule has 0 saturated heterocycles. The topological polar surface area (TPSA) is 64.4 Å². The van der Waals surface area contributed by atoms with E-state index in [1.165, 1.54) is 29.4 Å². The molecule has 2 aromatic rings. The molecule has 5 heteroatoms. The Morgan fingerprint density at radius 1 is 1.03 bits per heavy atom. The molecule has 0 amide bonds. The van der Waals surface area contributed by atoms with Crippen molar-refractivity contribution in [1.29, 1.82) is 0 Å². The largest absolute Gasteiger partial charge is 0.469 e. The van der Waals surface area contributed by atoms with Crippen molar-refractivity contribution in [3.8, 4) is 11.3 Å². The molecule has 1 heterocycles. The normalized spacial score (nSPS) is 17.0. The third-order valence-corrected chi connectivity index (χ3v) is 5.92. The Hall–Kier alpha value is -2.82. The lowest BCUT2D eigenvalue weighted by atomic mass is 9.90. The summed E-state index contributed by atoms with van der Waals surface area (Å²) >= 11 is 0. The van der Waals surface area contributed by atoms with Crippen LogP contribution in [0.2, 0.25) is 0 Å². The summed E-state index contributed by atoms with van der Waals surface area (Å²) in [6.07, 6.45) is 8.56. The second-order valence-corrected chi connectivity index (χ2v) is 8.29. The molecule has 0 bridgehead atoms. The van der Waals surface area contributed by atoms with Gasteiger partial charge in [-0.2, -0.15) is 10.2 Å². The average Bonchev–Trinajstić information content (AvgIpc) is 2.77. The predicted molar refractivity (Wildman–Crippen MR) is 125 cm³/mol. The van der Waals surface area contributed by atoms with Crippen molar-refractivity contribution in [3.63, 3.8) is 0 Å². The zero-order valence-electron chi connectivity index (χ0n) is 19.2. The van der Waals surface area contributed by atoms with Crippen LogP contribution in [0.15, 0.2) is 46.7 Å². The summed E-state index contributed by atoms with van der Waals surface area (Å²) in [5.74, 6) is -0.178. The fraction of sp³-hybridized carbons (Fsp3) is 0.462. The molecule has 3 rings (SSSR count). The minimum atomic E-state index is -0.178. The number of fused-ring (bicyclic) bond motifs is 1. The number of allylic oxidation sites excluding steroid dienone is 2. The highest BCUT2D eigenvalue weighted by atomic mass is 16.5. The van der Waals surface area contributed by atoms with E-state index < -0.39 is 0 Å². The quantitative estimate of drug-likeness (QED) is 0.420. The van der Waals surface area contributed by atoms with Crippen molar-refractivity contribution < 1.29 is 9.53 Å². The Kier molecular flexibility index (Phi) is 8.10. The molecule has 0 aliphatic heterocycles. The number of carbonyl (C=O) groups excluding carboxylic acids is 1. The van der Waals surface area contributed by atoms with Gasteiger partial charge in [0.1, 0.15) is 0 Å². The summed E-state index contributed by atoms with van der Waals surface area (Å²) in [4.78, 5) is 16.7. The standard InChI is InChI=1S/C26H33N3O2/c1-5-6-22(13-16-25(30)31-4)28-24-15-14-23-21(12-9-19(24)3)17-27-29-26(23)20-10-7-18(2)8-11-20/h7-8,10-11,17H,5-6,9,12-16H2,1-4H3/b24-19+,28-22?. The van der Waals surface area contributed by atoms with Crippen molar-refractivity contribution in [2.75, 3.05) is 7.11 Å². The maximum atomic E-state index is 11.6. The molecular formula is C26H33N3O2. The Balaban J connectivity index is 1.87. The van der Waals surface area contributed by atoms with E-state index in [4.69, 9.17) is 9.73 Å². The van der Waals surface area contributed by atoms with E-state index in [1.807, 2.05) is 6.20 Å². The SMILES string of the molecule is CCCC(CCC(=O)OC)=N/C1=C(\C)CCc2cnnc(-c3ccc(C)cc3)c2CC1. The number of benzene rings is 1. The van der Waals surface area contributed by atoms with Crippen LogP contribution in [-0.2, 0) is 22.4 Å². The van der Waals surface area contributed by atoms with Crippen LogP contribution in [-0.4, -0.2) is 29.0 Å². The number of hydrogen-bond donors (Lipinski definition) is 0. The van der Waals surface area contributed by atoms with Gasteiger partial charge in [-0.25, -0.2) is 0 Å². The van der Waals surface area contributed by atoms with Crippen molar-refractivity contribution in [1.82, 2.24) is 10.2 Å². The lowest BCUT2D eigenvalue weighted by molar-refractivity contribution is -0.140. The third kappa shape index (κ3) is 6.09. The number of ether oxygens (including phenoxy) is 1. The average molecular weight is 420 g/mol. The fourth-order valence-corrected chi connectivity index (χ4v) is 4.02. The highest BCUT2D eigenvalue weighted by Crippen LogP contribution is 2.31. The molecule has 0 N–H and O–H groups in total. The smallest absolute Gasteiger partial charge is 0.305 e. The maximum absolute atomic E-state index is 11.6. The van der Waals surface area contributed by atoms with E-state index in [-0.39, 0.29) is 5.97 Å². The van der Waals surface area contributed by atoms with Crippen LogP contribution in [0.3, 0.4) is 0 Å². The molecule has 0 atom stereocenters. The van der Waals surface area contributed by atoms with Gasteiger partial charge in [-0.1, -0.05) is 48.7 Å². The first-order valence-electron chi connectivity index (χ1n) is 11.2. The number of aliphatic imine (C=N–C) groups is 1. The van der Waals surface area contributed by atoms with E-state index in [9.17, 15) is 4.79 Å². The Morgan fingerprint density at radius 2 is 1.81 bits per heavy atom. The number of hydrogen-bond acceptors (Lipinski definition) is 5. The lowest BCUT2D eigenvalue weighted by Crippen LogP contribution is -2.09. The second-order valence-electron chi connectivity index (χ2n) is 8.29. The van der Waals surface area contributed by atoms with Gasteiger partial charge in [0.2, 0.25) is 0 Å². The van der Waals surface area contributed by atoms with Crippen LogP contribution in [0.25, 0.3) is 11.3 Å². The van der Waals surface area contributed by atoms with Gasteiger partial charge in [0, 0.05) is 17.0 Å². The highest BCUT2D eigenvalue weighted by Gasteiger charge is 2.18. The third-order valence-electron chi connectivity index (χ3n) is 5.92. The number of carbonyl (C=O) groups is 1. The monoisotopic (exact) mass is 419 g/mol. The molecule has 0 fully saturated rings. The first-order chi connectivity index (χ1) is 15.0. The van der Waals surface area contributed by atoms with E-state index in [0.29, 0.717) is 12.8 Å². The van der Waals surface area contributed by atoms with Crippen molar-refractivity contribution >= 4 is 11.7 Å². The Bertz CT molecular complexity index is 975. The number of methoxy groups -OCH3 is 1. The van der Waals surface area contributed by atoms with Crippen molar-refractivity contribution in [2.24, 2.45) is 4.99 Å². The predicted octanol–water partition coefficient (Wildman–Crippen LogP) is 5.80. The minimum Gasteiger partial charge on any atom is -0.469 e. The van der Waals surface area contributed by atoms with Gasteiger partial charge in [-0.05, 0) is 63.5 Å². The number of rotatable bonds is 7. The molecule has 1 aliphatic rings. The van der Waals surface area contributed by atoms with Gasteiger partial charge in [-0.15, -0.1) is 0 Å². The van der Waals surface area contributed by atoms with E-state index in [2.05, 4.69) is 55.2 Å². The van der Waals surface area contributed by atoms with Crippen LogP contribution in [0.1, 0.15) is 69.1 Å². The molecule has 1 aliphatic carbocycles. The van der Waals surface area contributed by atoms with Gasteiger partial charge in [0.05, 0.1) is 25.4 Å². The van der Waals surface area contributed by atoms with Gasteiger partial charge < -0.3 is 4.74 Å². The van der Waals surface area contributed by atoms with Gasteiger partial charge in [0.15, 0.2) is 0 Å². The molecule has 1 aromatic heterocycles. The van der Waals surface area contributed by atoms with E-state index in [0.717, 1.165) is 61.2 Å². The molecular weight excluding hydrogens is 386 g/mol. The highest BCUT2D eigenvalue weighted by molar-refractivity contribution is 5.88. The Morgan fingerprint density at radius 3 is 2.52 bits per heavy atom. The number of aromatic nitrogens is 2. The van der Waals surface area contributed by atoms with Gasteiger partial charge in [0.25, 0.3) is 0 Å². The molecule has 0 unspecified atom stereocenters. The van der Waals surface area contributed by atoms with Crippen molar-refractivity contribution in [2.45, 2.75) is 72.1 Å². The van der Waals surface area contributed by atoms with Crippen LogP contribution >= 0.6 is 0 Å². The zero-order chi connectivity index (χ0) is 22.2. The van der Waals surface area contributed by atoms with Gasteiger partial charge >= 0.3 is 5.97 Å². The fourth-order valence-electron chi connectivity index (χ4n) is 4.02. The molecule has 0 spiro atoms. The Labute approximate surface area is 185 Å². The molecule has 5 nitrogen and oxygen atoms in total. The van der Waals surface area contributed by atoms with Crippen LogP contribution in [0.5, 0.6) is 0 Å². The maximum Gasteiger partial charge on any atom is 0.305 e. The summed E-state index contributed by atoms with van der Waals surface area (Å²) < 4.78 is 4.81. The first kappa shape index (κ1) is 22.9.